The smallest absolute Gasteiger partial charge is 0.251 e. The van der Waals surface area contributed by atoms with Crippen LogP contribution < -0.4 is 14.8 Å². The van der Waals surface area contributed by atoms with Gasteiger partial charge in [-0.2, -0.15) is 0 Å². The Morgan fingerprint density at radius 3 is 2.50 bits per heavy atom. The fraction of sp³-hybridized carbons (Fsp3) is 0.333. The van der Waals surface area contributed by atoms with Gasteiger partial charge >= 0.3 is 0 Å². The van der Waals surface area contributed by atoms with Crippen molar-refractivity contribution in [2.45, 2.75) is 18.9 Å². The largest absolute Gasteiger partial charge is 0.493 e. The average molecular weight is 447 g/mol. The van der Waals surface area contributed by atoms with Crippen molar-refractivity contribution in [3.05, 3.63) is 58.1 Å². The van der Waals surface area contributed by atoms with Crippen LogP contribution in [0.1, 0.15) is 34.8 Å². The summed E-state index contributed by atoms with van der Waals surface area (Å²) in [5, 5.41) is 2.72. The predicted molar refractivity (Wildman–Crippen MR) is 110 cm³/mol. The first-order valence-corrected chi connectivity index (χ1v) is 9.88. The molecule has 0 aliphatic carbocycles. The molecule has 1 aliphatic rings. The monoisotopic (exact) mass is 446 g/mol. The number of hydrogen-bond acceptors (Lipinski definition) is 4. The standard InChI is InChI=1S/C21H23BrN2O4/c1-27-18-10-7-15(12-19(18)28-2)17-4-3-11-24(17)20(25)13-23-21(26)14-5-8-16(22)9-6-14/h5-10,12,17H,3-4,11,13H2,1-2H3,(H,23,26). The zero-order valence-corrected chi connectivity index (χ0v) is 17.5. The van der Waals surface area contributed by atoms with Crippen molar-refractivity contribution in [3.63, 3.8) is 0 Å². The lowest BCUT2D eigenvalue weighted by molar-refractivity contribution is -0.131. The maximum Gasteiger partial charge on any atom is 0.251 e. The SMILES string of the molecule is COc1ccc(C2CCCN2C(=O)CNC(=O)c2ccc(Br)cc2)cc1OC. The maximum absolute atomic E-state index is 12.7. The minimum atomic E-state index is -0.261. The van der Waals surface area contributed by atoms with Crippen molar-refractivity contribution in [2.75, 3.05) is 27.3 Å². The van der Waals surface area contributed by atoms with Gasteiger partial charge in [0.2, 0.25) is 5.91 Å². The Hall–Kier alpha value is -2.54. The van der Waals surface area contributed by atoms with E-state index in [4.69, 9.17) is 9.47 Å². The molecule has 0 aromatic heterocycles. The van der Waals surface area contributed by atoms with Gasteiger partial charge in [0, 0.05) is 16.6 Å². The number of benzene rings is 2. The molecule has 3 rings (SSSR count). The molecule has 7 heteroatoms. The van der Waals surface area contributed by atoms with E-state index >= 15 is 0 Å². The van der Waals surface area contributed by atoms with E-state index < -0.39 is 0 Å². The lowest BCUT2D eigenvalue weighted by Gasteiger charge is -2.26. The van der Waals surface area contributed by atoms with Crippen molar-refractivity contribution in [1.29, 1.82) is 0 Å². The van der Waals surface area contributed by atoms with Crippen LogP contribution in [0.15, 0.2) is 46.9 Å². The number of rotatable bonds is 6. The van der Waals surface area contributed by atoms with Gasteiger partial charge in [-0.3, -0.25) is 9.59 Å². The molecule has 0 spiro atoms. The number of methoxy groups -OCH3 is 2. The van der Waals surface area contributed by atoms with Crippen LogP contribution in [0.2, 0.25) is 0 Å². The van der Waals surface area contributed by atoms with Crippen molar-refractivity contribution in [1.82, 2.24) is 10.2 Å². The molecular weight excluding hydrogens is 424 g/mol. The summed E-state index contributed by atoms with van der Waals surface area (Å²) in [6, 6.07) is 12.7. The van der Waals surface area contributed by atoms with Gasteiger partial charge in [-0.05, 0) is 54.8 Å². The van der Waals surface area contributed by atoms with Gasteiger partial charge in [0.05, 0.1) is 26.8 Å². The molecule has 0 saturated carbocycles. The second-order valence-electron chi connectivity index (χ2n) is 6.55. The van der Waals surface area contributed by atoms with Crippen LogP contribution in [-0.4, -0.2) is 44.0 Å². The molecule has 6 nitrogen and oxygen atoms in total. The highest BCUT2D eigenvalue weighted by Crippen LogP contribution is 2.36. The normalized spacial score (nSPS) is 16.0. The number of amides is 2. The van der Waals surface area contributed by atoms with E-state index in [2.05, 4.69) is 21.2 Å². The zero-order chi connectivity index (χ0) is 20.1. The summed E-state index contributed by atoms with van der Waals surface area (Å²) in [4.78, 5) is 26.8. The first-order chi connectivity index (χ1) is 13.5. The molecule has 28 heavy (non-hydrogen) atoms. The number of likely N-dealkylation sites (tertiary alicyclic amines) is 1. The number of halogens is 1. The van der Waals surface area contributed by atoms with Gasteiger partial charge < -0.3 is 19.7 Å². The van der Waals surface area contributed by atoms with Gasteiger partial charge in [0.1, 0.15) is 0 Å². The van der Waals surface area contributed by atoms with E-state index in [1.165, 1.54) is 0 Å². The molecule has 1 unspecified atom stereocenters. The van der Waals surface area contributed by atoms with Gasteiger partial charge in [-0.1, -0.05) is 22.0 Å². The van der Waals surface area contributed by atoms with Gasteiger partial charge in [0.25, 0.3) is 5.91 Å². The molecule has 0 bridgehead atoms. The molecule has 1 fully saturated rings. The fourth-order valence-electron chi connectivity index (χ4n) is 3.43. The molecule has 1 saturated heterocycles. The number of nitrogens with one attached hydrogen (secondary N) is 1. The van der Waals surface area contributed by atoms with Crippen LogP contribution in [0.4, 0.5) is 0 Å². The van der Waals surface area contributed by atoms with Gasteiger partial charge in [-0.15, -0.1) is 0 Å². The summed E-state index contributed by atoms with van der Waals surface area (Å²) in [5.74, 6) is 0.942. The number of ether oxygens (including phenoxy) is 2. The second kappa shape index (κ2) is 9.10. The summed E-state index contributed by atoms with van der Waals surface area (Å²) in [6.45, 7) is 0.644. The molecule has 2 amide bonds. The van der Waals surface area contributed by atoms with Crippen molar-refractivity contribution >= 4 is 27.7 Å². The summed E-state index contributed by atoms with van der Waals surface area (Å²) in [5.41, 5.74) is 1.52. The topological polar surface area (TPSA) is 67.9 Å². The van der Waals surface area contributed by atoms with Crippen LogP contribution in [0, 0.1) is 0 Å². The van der Waals surface area contributed by atoms with Crippen LogP contribution >= 0.6 is 15.9 Å². The van der Waals surface area contributed by atoms with E-state index in [0.29, 0.717) is 23.6 Å². The van der Waals surface area contributed by atoms with Crippen molar-refractivity contribution < 1.29 is 19.1 Å². The van der Waals surface area contributed by atoms with Gasteiger partial charge in [0.15, 0.2) is 11.5 Å². The summed E-state index contributed by atoms with van der Waals surface area (Å²) in [7, 11) is 3.19. The highest BCUT2D eigenvalue weighted by atomic mass is 79.9. The molecule has 2 aromatic rings. The second-order valence-corrected chi connectivity index (χ2v) is 7.46. The average Bonchev–Trinajstić information content (AvgIpc) is 3.21. The zero-order valence-electron chi connectivity index (χ0n) is 15.9. The predicted octanol–water partition coefficient (Wildman–Crippen LogP) is 3.56. The fourth-order valence-corrected chi connectivity index (χ4v) is 3.70. The molecule has 1 aliphatic heterocycles. The van der Waals surface area contributed by atoms with Crippen LogP contribution in [-0.2, 0) is 4.79 Å². The van der Waals surface area contributed by atoms with Crippen LogP contribution in [0.5, 0.6) is 11.5 Å². The summed E-state index contributed by atoms with van der Waals surface area (Å²) >= 11 is 3.34. The van der Waals surface area contributed by atoms with E-state index in [-0.39, 0.29) is 24.4 Å². The van der Waals surface area contributed by atoms with Crippen molar-refractivity contribution in [3.8, 4) is 11.5 Å². The Bertz CT molecular complexity index is 854. The van der Waals surface area contributed by atoms with Crippen LogP contribution in [0.3, 0.4) is 0 Å². The first kappa shape index (κ1) is 20.2. The Balaban J connectivity index is 1.66. The number of nitrogens with zero attached hydrogens (tertiary/aromatic N) is 1. The number of carbonyl (C=O) groups is 2. The Kier molecular flexibility index (Phi) is 6.57. The van der Waals surface area contributed by atoms with E-state index in [0.717, 1.165) is 22.9 Å². The maximum atomic E-state index is 12.7. The van der Waals surface area contributed by atoms with Crippen molar-refractivity contribution in [2.24, 2.45) is 0 Å². The quantitative estimate of drug-likeness (QED) is 0.736. The Morgan fingerprint density at radius 2 is 1.82 bits per heavy atom. The number of hydrogen-bond donors (Lipinski definition) is 1. The molecular formula is C21H23BrN2O4. The minimum absolute atomic E-state index is 0.0291. The van der Waals surface area contributed by atoms with E-state index in [1.807, 2.05) is 23.1 Å². The Morgan fingerprint density at radius 1 is 1.11 bits per heavy atom. The molecule has 1 N–H and O–H groups in total. The minimum Gasteiger partial charge on any atom is -0.493 e. The molecule has 0 radical (unpaired) electrons. The van der Waals surface area contributed by atoms with Crippen LogP contribution in [0.25, 0.3) is 0 Å². The lowest BCUT2D eigenvalue weighted by atomic mass is 10.0. The third-order valence-electron chi connectivity index (χ3n) is 4.87. The molecule has 1 heterocycles. The van der Waals surface area contributed by atoms with E-state index in [1.54, 1.807) is 38.5 Å². The first-order valence-electron chi connectivity index (χ1n) is 9.08. The highest BCUT2D eigenvalue weighted by Gasteiger charge is 2.30. The third-order valence-corrected chi connectivity index (χ3v) is 5.40. The third kappa shape index (κ3) is 4.47. The molecule has 2 aromatic carbocycles. The lowest BCUT2D eigenvalue weighted by Crippen LogP contribution is -2.39. The van der Waals surface area contributed by atoms with E-state index in [9.17, 15) is 9.59 Å². The number of carbonyl (C=O) groups excluding carboxylic acids is 2. The molecule has 1 atom stereocenters. The summed E-state index contributed by atoms with van der Waals surface area (Å²) < 4.78 is 11.6. The summed E-state index contributed by atoms with van der Waals surface area (Å²) in [6.07, 6.45) is 1.80. The Labute approximate surface area is 172 Å². The highest BCUT2D eigenvalue weighted by molar-refractivity contribution is 9.10. The molecule has 148 valence electrons. The van der Waals surface area contributed by atoms with Gasteiger partial charge in [-0.25, -0.2) is 0 Å².